The van der Waals surface area contributed by atoms with E-state index in [1.54, 1.807) is 10.9 Å². The molecule has 0 aliphatic rings. The number of carboxylic acids is 1. The molecule has 0 unspecified atom stereocenters. The molecule has 0 aliphatic carbocycles. The zero-order valence-electron chi connectivity index (χ0n) is 9.22. The quantitative estimate of drug-likeness (QED) is 0.947. The highest BCUT2D eigenvalue weighted by Crippen LogP contribution is 2.17. The number of rotatable bonds is 3. The van der Waals surface area contributed by atoms with Crippen molar-refractivity contribution in [3.8, 4) is 5.69 Å². The number of hydrogen-bond donors (Lipinski definition) is 1. The van der Waals surface area contributed by atoms with Gasteiger partial charge in [0.05, 0.1) is 17.8 Å². The van der Waals surface area contributed by atoms with Gasteiger partial charge in [-0.2, -0.15) is 5.10 Å². The Hall–Kier alpha value is -1.62. The lowest BCUT2D eigenvalue weighted by molar-refractivity contribution is -0.136. The Balaban J connectivity index is 2.37. The van der Waals surface area contributed by atoms with Gasteiger partial charge in [-0.3, -0.25) is 4.79 Å². The highest BCUT2D eigenvalue weighted by molar-refractivity contribution is 9.10. The third kappa shape index (κ3) is 2.74. The summed E-state index contributed by atoms with van der Waals surface area (Å²) in [5.74, 6) is -0.845. The van der Waals surface area contributed by atoms with Gasteiger partial charge in [0.15, 0.2) is 0 Å². The van der Waals surface area contributed by atoms with Gasteiger partial charge < -0.3 is 5.11 Å². The Bertz CT molecular complexity index is 563. The standard InChI is InChI=1S/C12H11BrN2O2/c1-8-9(5-12(16)17)7-15(14-8)11-4-2-3-10(13)6-11/h2-4,6-7H,5H2,1H3,(H,16,17). The van der Waals surface area contributed by atoms with Crippen molar-refractivity contribution in [3.63, 3.8) is 0 Å². The summed E-state index contributed by atoms with van der Waals surface area (Å²) in [6, 6.07) is 7.68. The van der Waals surface area contributed by atoms with E-state index >= 15 is 0 Å². The van der Waals surface area contributed by atoms with Gasteiger partial charge in [0.1, 0.15) is 0 Å². The molecule has 2 aromatic rings. The molecular weight excluding hydrogens is 284 g/mol. The SMILES string of the molecule is Cc1nn(-c2cccc(Br)c2)cc1CC(=O)O. The zero-order valence-corrected chi connectivity index (χ0v) is 10.8. The first-order chi connectivity index (χ1) is 8.06. The normalized spacial score (nSPS) is 10.5. The summed E-state index contributed by atoms with van der Waals surface area (Å²) < 4.78 is 2.65. The summed E-state index contributed by atoms with van der Waals surface area (Å²) in [5.41, 5.74) is 2.38. The van der Waals surface area contributed by atoms with E-state index in [0.29, 0.717) is 0 Å². The van der Waals surface area contributed by atoms with E-state index in [1.807, 2.05) is 31.2 Å². The fraction of sp³-hybridized carbons (Fsp3) is 0.167. The molecule has 1 aromatic carbocycles. The monoisotopic (exact) mass is 294 g/mol. The fourth-order valence-electron chi connectivity index (χ4n) is 1.58. The maximum atomic E-state index is 10.7. The van der Waals surface area contributed by atoms with Crippen molar-refractivity contribution in [3.05, 3.63) is 46.2 Å². The molecule has 0 bridgehead atoms. The number of carboxylic acid groups (broad SMARTS) is 1. The molecular formula is C12H11BrN2O2. The van der Waals surface area contributed by atoms with Crippen LogP contribution in [0.4, 0.5) is 0 Å². The Morgan fingerprint density at radius 1 is 1.53 bits per heavy atom. The van der Waals surface area contributed by atoms with Crippen LogP contribution in [0.1, 0.15) is 11.3 Å². The lowest BCUT2D eigenvalue weighted by Crippen LogP contribution is -2.00. The average Bonchev–Trinajstić information content (AvgIpc) is 2.59. The second-order valence-electron chi connectivity index (χ2n) is 3.73. The first-order valence-electron chi connectivity index (χ1n) is 5.09. The number of aromatic nitrogens is 2. The number of nitrogens with zero attached hydrogens (tertiary/aromatic N) is 2. The summed E-state index contributed by atoms with van der Waals surface area (Å²) in [4.78, 5) is 10.7. The van der Waals surface area contributed by atoms with Crippen LogP contribution in [0.25, 0.3) is 5.69 Å². The number of hydrogen-bond acceptors (Lipinski definition) is 2. The van der Waals surface area contributed by atoms with E-state index in [9.17, 15) is 4.79 Å². The number of aryl methyl sites for hydroxylation is 1. The second kappa shape index (κ2) is 4.71. The minimum absolute atomic E-state index is 0.000162. The lowest BCUT2D eigenvalue weighted by atomic mass is 10.2. The summed E-state index contributed by atoms with van der Waals surface area (Å²) in [6.45, 7) is 1.81. The third-order valence-electron chi connectivity index (χ3n) is 2.41. The van der Waals surface area contributed by atoms with Crippen LogP contribution in [0.15, 0.2) is 34.9 Å². The van der Waals surface area contributed by atoms with Crippen molar-refractivity contribution in [1.29, 1.82) is 0 Å². The first kappa shape index (κ1) is 11.9. The minimum atomic E-state index is -0.845. The maximum Gasteiger partial charge on any atom is 0.307 e. The molecule has 17 heavy (non-hydrogen) atoms. The minimum Gasteiger partial charge on any atom is -0.481 e. The number of aliphatic carboxylic acids is 1. The first-order valence-corrected chi connectivity index (χ1v) is 5.88. The van der Waals surface area contributed by atoms with Gasteiger partial charge in [-0.15, -0.1) is 0 Å². The van der Waals surface area contributed by atoms with Crippen LogP contribution in [0.5, 0.6) is 0 Å². The van der Waals surface area contributed by atoms with Gasteiger partial charge in [-0.1, -0.05) is 22.0 Å². The van der Waals surface area contributed by atoms with Gasteiger partial charge in [-0.05, 0) is 25.1 Å². The van der Waals surface area contributed by atoms with Crippen molar-refractivity contribution in [2.24, 2.45) is 0 Å². The van der Waals surface area contributed by atoms with Crippen LogP contribution < -0.4 is 0 Å². The molecule has 1 aromatic heterocycles. The van der Waals surface area contributed by atoms with Crippen molar-refractivity contribution in [1.82, 2.24) is 9.78 Å². The van der Waals surface area contributed by atoms with Crippen molar-refractivity contribution in [2.45, 2.75) is 13.3 Å². The molecule has 1 N–H and O–H groups in total. The van der Waals surface area contributed by atoms with E-state index in [1.165, 1.54) is 0 Å². The van der Waals surface area contributed by atoms with E-state index in [-0.39, 0.29) is 6.42 Å². The molecule has 4 nitrogen and oxygen atoms in total. The van der Waals surface area contributed by atoms with Crippen LogP contribution in [-0.2, 0) is 11.2 Å². The Kier molecular flexibility index (Phi) is 3.28. The molecule has 0 spiro atoms. The number of halogens is 1. The molecule has 0 fully saturated rings. The topological polar surface area (TPSA) is 55.1 Å². The summed E-state index contributed by atoms with van der Waals surface area (Å²) in [5, 5.41) is 13.1. The van der Waals surface area contributed by atoms with Gasteiger partial charge in [0.25, 0.3) is 0 Å². The van der Waals surface area contributed by atoms with Crippen LogP contribution in [-0.4, -0.2) is 20.9 Å². The van der Waals surface area contributed by atoms with Crippen LogP contribution in [0.3, 0.4) is 0 Å². The Morgan fingerprint density at radius 2 is 2.29 bits per heavy atom. The molecule has 0 radical (unpaired) electrons. The second-order valence-corrected chi connectivity index (χ2v) is 4.65. The predicted octanol–water partition coefficient (Wildman–Crippen LogP) is 2.57. The molecule has 0 amide bonds. The molecule has 0 saturated carbocycles. The summed E-state index contributed by atoms with van der Waals surface area (Å²) in [6.07, 6.45) is 1.76. The van der Waals surface area contributed by atoms with Gasteiger partial charge in [0.2, 0.25) is 0 Å². The molecule has 2 rings (SSSR count). The van der Waals surface area contributed by atoms with E-state index < -0.39 is 5.97 Å². The molecule has 0 saturated heterocycles. The molecule has 1 heterocycles. The highest BCUT2D eigenvalue weighted by atomic mass is 79.9. The molecule has 0 aliphatic heterocycles. The molecule has 5 heteroatoms. The van der Waals surface area contributed by atoms with Gasteiger partial charge in [0, 0.05) is 16.2 Å². The number of benzene rings is 1. The van der Waals surface area contributed by atoms with E-state index in [0.717, 1.165) is 21.4 Å². The largest absolute Gasteiger partial charge is 0.481 e. The highest BCUT2D eigenvalue weighted by Gasteiger charge is 2.09. The summed E-state index contributed by atoms with van der Waals surface area (Å²) >= 11 is 3.39. The molecule has 88 valence electrons. The average molecular weight is 295 g/mol. The van der Waals surface area contributed by atoms with Crippen LogP contribution in [0, 0.1) is 6.92 Å². The van der Waals surface area contributed by atoms with Gasteiger partial charge in [-0.25, -0.2) is 4.68 Å². The van der Waals surface area contributed by atoms with Crippen LogP contribution in [0.2, 0.25) is 0 Å². The fourth-order valence-corrected chi connectivity index (χ4v) is 1.97. The Labute approximate surface area is 107 Å². The van der Waals surface area contributed by atoms with E-state index in [2.05, 4.69) is 21.0 Å². The smallest absolute Gasteiger partial charge is 0.307 e. The van der Waals surface area contributed by atoms with Gasteiger partial charge >= 0.3 is 5.97 Å². The third-order valence-corrected chi connectivity index (χ3v) is 2.91. The van der Waals surface area contributed by atoms with E-state index in [4.69, 9.17) is 5.11 Å². The predicted molar refractivity (Wildman–Crippen MR) is 67.3 cm³/mol. The van der Waals surface area contributed by atoms with Crippen molar-refractivity contribution < 1.29 is 9.90 Å². The summed E-state index contributed by atoms with van der Waals surface area (Å²) in [7, 11) is 0. The maximum absolute atomic E-state index is 10.7. The lowest BCUT2D eigenvalue weighted by Gasteiger charge is -2.00. The molecule has 0 atom stereocenters. The van der Waals surface area contributed by atoms with Crippen molar-refractivity contribution >= 4 is 21.9 Å². The zero-order chi connectivity index (χ0) is 12.4. The van der Waals surface area contributed by atoms with Crippen LogP contribution >= 0.6 is 15.9 Å². The number of carbonyl (C=O) groups is 1. The Morgan fingerprint density at radius 3 is 2.94 bits per heavy atom. The van der Waals surface area contributed by atoms with Crippen molar-refractivity contribution in [2.75, 3.05) is 0 Å².